The minimum Gasteiger partial charge on any atom is -0.481 e. The number of thiophene rings is 1. The summed E-state index contributed by atoms with van der Waals surface area (Å²) >= 11 is 3.99. The van der Waals surface area contributed by atoms with Crippen molar-refractivity contribution >= 4 is 33.2 Å². The molecule has 1 rings (SSSR count). The van der Waals surface area contributed by atoms with Gasteiger partial charge in [-0.15, -0.1) is 11.3 Å². The van der Waals surface area contributed by atoms with Crippen molar-refractivity contribution < 1.29 is 18.7 Å². The summed E-state index contributed by atoms with van der Waals surface area (Å²) in [5.74, 6) is -4.25. The zero-order chi connectivity index (χ0) is 10.8. The van der Waals surface area contributed by atoms with E-state index in [0.717, 1.165) is 11.3 Å². The maximum atomic E-state index is 13.3. The van der Waals surface area contributed by atoms with Gasteiger partial charge in [0.25, 0.3) is 5.92 Å². The molecule has 0 bridgehead atoms. The molecule has 0 aliphatic carbocycles. The molecule has 0 spiro atoms. The zero-order valence-corrected chi connectivity index (χ0v) is 9.37. The van der Waals surface area contributed by atoms with Crippen molar-refractivity contribution in [1.82, 2.24) is 0 Å². The summed E-state index contributed by atoms with van der Waals surface area (Å²) in [5, 5.41) is 8.29. The standard InChI is InChI=1S/C8H7BrF2O2S/c9-6-2-1-5(14-6)8(10,11)4-3-7(12)13/h1-2H,3-4H2,(H,12,13). The molecule has 1 aromatic rings. The van der Waals surface area contributed by atoms with Gasteiger partial charge in [0.15, 0.2) is 0 Å². The molecule has 0 saturated heterocycles. The first-order chi connectivity index (χ1) is 6.42. The highest BCUT2D eigenvalue weighted by atomic mass is 79.9. The largest absolute Gasteiger partial charge is 0.481 e. The molecule has 1 N–H and O–H groups in total. The van der Waals surface area contributed by atoms with E-state index in [4.69, 9.17) is 5.11 Å². The highest BCUT2D eigenvalue weighted by Gasteiger charge is 2.33. The SMILES string of the molecule is O=C(O)CCC(F)(F)c1ccc(Br)s1. The van der Waals surface area contributed by atoms with Crippen molar-refractivity contribution in [1.29, 1.82) is 0 Å². The molecule has 0 radical (unpaired) electrons. The first kappa shape index (κ1) is 11.6. The first-order valence-corrected chi connectivity index (χ1v) is 5.38. The van der Waals surface area contributed by atoms with Crippen molar-refractivity contribution in [2.24, 2.45) is 0 Å². The van der Waals surface area contributed by atoms with Crippen LogP contribution in [0.4, 0.5) is 8.78 Å². The number of hydrogen-bond donors (Lipinski definition) is 1. The number of alkyl halides is 2. The number of hydrogen-bond acceptors (Lipinski definition) is 2. The fourth-order valence-electron chi connectivity index (χ4n) is 0.898. The number of rotatable bonds is 4. The third-order valence-electron chi connectivity index (χ3n) is 1.59. The Bertz CT molecular complexity index is 338. The van der Waals surface area contributed by atoms with E-state index in [2.05, 4.69) is 15.9 Å². The Labute approximate surface area is 91.7 Å². The van der Waals surface area contributed by atoms with Gasteiger partial charge >= 0.3 is 5.97 Å². The van der Waals surface area contributed by atoms with E-state index < -0.39 is 24.7 Å². The van der Waals surface area contributed by atoms with Gasteiger partial charge in [0, 0.05) is 6.42 Å². The molecule has 0 aliphatic rings. The highest BCUT2D eigenvalue weighted by molar-refractivity contribution is 9.11. The molecule has 1 aromatic heterocycles. The van der Waals surface area contributed by atoms with Crippen LogP contribution in [0.1, 0.15) is 17.7 Å². The molecule has 2 nitrogen and oxygen atoms in total. The number of carboxylic acids is 1. The summed E-state index contributed by atoms with van der Waals surface area (Å²) in [6, 6.07) is 2.82. The molecule has 78 valence electrons. The molecular weight excluding hydrogens is 278 g/mol. The van der Waals surface area contributed by atoms with E-state index in [9.17, 15) is 13.6 Å². The molecule has 0 fully saturated rings. The molecule has 0 saturated carbocycles. The topological polar surface area (TPSA) is 37.3 Å². The van der Waals surface area contributed by atoms with Gasteiger partial charge in [-0.3, -0.25) is 4.79 Å². The summed E-state index contributed by atoms with van der Waals surface area (Å²) in [4.78, 5) is 10.0. The van der Waals surface area contributed by atoms with Gasteiger partial charge in [0.1, 0.15) is 0 Å². The monoisotopic (exact) mass is 284 g/mol. The molecule has 0 amide bonds. The van der Waals surface area contributed by atoms with Crippen molar-refractivity contribution in [2.75, 3.05) is 0 Å². The van der Waals surface area contributed by atoms with E-state index in [1.165, 1.54) is 12.1 Å². The molecular formula is C8H7BrF2O2S. The number of carboxylic acid groups (broad SMARTS) is 1. The predicted molar refractivity (Wildman–Crippen MR) is 52.8 cm³/mol. The van der Waals surface area contributed by atoms with Gasteiger partial charge in [0.2, 0.25) is 0 Å². The Balaban J connectivity index is 2.69. The lowest BCUT2D eigenvalue weighted by Crippen LogP contribution is -2.13. The lowest BCUT2D eigenvalue weighted by Gasteiger charge is -2.12. The van der Waals surface area contributed by atoms with E-state index in [-0.39, 0.29) is 4.88 Å². The zero-order valence-electron chi connectivity index (χ0n) is 6.97. The minimum absolute atomic E-state index is 0.106. The van der Waals surface area contributed by atoms with Crippen LogP contribution in [0, 0.1) is 0 Å². The van der Waals surface area contributed by atoms with Crippen molar-refractivity contribution in [3.8, 4) is 0 Å². The van der Waals surface area contributed by atoms with Crippen LogP contribution < -0.4 is 0 Å². The molecule has 0 unspecified atom stereocenters. The van der Waals surface area contributed by atoms with Crippen LogP contribution in [0.2, 0.25) is 0 Å². The number of carbonyl (C=O) groups is 1. The fourth-order valence-corrected chi connectivity index (χ4v) is 2.29. The van der Waals surface area contributed by atoms with Crippen LogP contribution in [0.25, 0.3) is 0 Å². The molecule has 6 heteroatoms. The van der Waals surface area contributed by atoms with Crippen molar-refractivity contribution in [2.45, 2.75) is 18.8 Å². The normalized spacial score (nSPS) is 11.6. The van der Waals surface area contributed by atoms with E-state index >= 15 is 0 Å². The minimum atomic E-state index is -3.05. The Kier molecular flexibility index (Phi) is 3.60. The number of halogens is 3. The fraction of sp³-hybridized carbons (Fsp3) is 0.375. The van der Waals surface area contributed by atoms with E-state index in [1.807, 2.05) is 0 Å². The highest BCUT2D eigenvalue weighted by Crippen LogP contribution is 2.38. The lowest BCUT2D eigenvalue weighted by atomic mass is 10.1. The first-order valence-electron chi connectivity index (χ1n) is 3.77. The van der Waals surface area contributed by atoms with Crippen LogP contribution in [0.3, 0.4) is 0 Å². The van der Waals surface area contributed by atoms with Crippen LogP contribution in [-0.4, -0.2) is 11.1 Å². The van der Waals surface area contributed by atoms with E-state index in [1.54, 1.807) is 0 Å². The molecule has 1 heterocycles. The molecule has 0 aliphatic heterocycles. The predicted octanol–water partition coefficient (Wildman–Crippen LogP) is 3.47. The Morgan fingerprint density at radius 1 is 1.57 bits per heavy atom. The van der Waals surface area contributed by atoms with Crippen LogP contribution in [0.15, 0.2) is 15.9 Å². The van der Waals surface area contributed by atoms with Crippen molar-refractivity contribution in [3.05, 3.63) is 20.8 Å². The second-order valence-electron chi connectivity index (χ2n) is 2.70. The summed E-state index contributed by atoms with van der Waals surface area (Å²) < 4.78 is 27.1. The van der Waals surface area contributed by atoms with Gasteiger partial charge in [0.05, 0.1) is 15.1 Å². The average molecular weight is 285 g/mol. The quantitative estimate of drug-likeness (QED) is 0.919. The van der Waals surface area contributed by atoms with Crippen LogP contribution in [0.5, 0.6) is 0 Å². The number of aliphatic carboxylic acids is 1. The maximum Gasteiger partial charge on any atom is 0.303 e. The van der Waals surface area contributed by atoms with Gasteiger partial charge in [-0.05, 0) is 28.1 Å². The van der Waals surface area contributed by atoms with Gasteiger partial charge in [-0.25, -0.2) is 8.78 Å². The summed E-state index contributed by atoms with van der Waals surface area (Å²) in [5.41, 5.74) is 0. The third-order valence-corrected chi connectivity index (χ3v) is 3.32. The second kappa shape index (κ2) is 4.35. The molecule has 14 heavy (non-hydrogen) atoms. The lowest BCUT2D eigenvalue weighted by molar-refractivity contribution is -0.139. The van der Waals surface area contributed by atoms with Gasteiger partial charge < -0.3 is 5.11 Å². The van der Waals surface area contributed by atoms with E-state index in [0.29, 0.717) is 3.79 Å². The van der Waals surface area contributed by atoms with Gasteiger partial charge in [-0.1, -0.05) is 0 Å². The smallest absolute Gasteiger partial charge is 0.303 e. The summed E-state index contributed by atoms with van der Waals surface area (Å²) in [6.45, 7) is 0. The summed E-state index contributed by atoms with van der Waals surface area (Å²) in [7, 11) is 0. The van der Waals surface area contributed by atoms with Gasteiger partial charge in [-0.2, -0.15) is 0 Å². The Morgan fingerprint density at radius 2 is 2.21 bits per heavy atom. The molecule has 0 aromatic carbocycles. The Morgan fingerprint density at radius 3 is 2.64 bits per heavy atom. The maximum absolute atomic E-state index is 13.3. The Hall–Kier alpha value is -0.490. The molecule has 0 atom stereocenters. The summed E-state index contributed by atoms with van der Waals surface area (Å²) in [6.07, 6.45) is -1.18. The second-order valence-corrected chi connectivity index (χ2v) is 5.16. The average Bonchev–Trinajstić information content (AvgIpc) is 2.49. The third kappa shape index (κ3) is 3.02. The van der Waals surface area contributed by atoms with Crippen LogP contribution >= 0.6 is 27.3 Å². The van der Waals surface area contributed by atoms with Crippen LogP contribution in [-0.2, 0) is 10.7 Å². The van der Waals surface area contributed by atoms with Crippen molar-refractivity contribution in [3.63, 3.8) is 0 Å².